The van der Waals surface area contributed by atoms with E-state index in [4.69, 9.17) is 10.4 Å². The number of rotatable bonds is 3. The van der Waals surface area contributed by atoms with Crippen LogP contribution in [0.4, 0.5) is 0 Å². The van der Waals surface area contributed by atoms with E-state index in [1.54, 1.807) is 6.07 Å². The Morgan fingerprint density at radius 3 is 2.60 bits per heavy atom. The minimum absolute atomic E-state index is 0.179. The number of nitrogens with zero attached hydrogens (tertiary/aromatic N) is 1. The molecule has 54 valence electrons. The minimum Gasteiger partial charge on any atom is -0.480 e. The van der Waals surface area contributed by atoms with Crippen molar-refractivity contribution in [3.8, 4) is 6.07 Å². The van der Waals surface area contributed by atoms with Crippen molar-refractivity contribution in [2.75, 3.05) is 0 Å². The molecule has 0 bridgehead atoms. The minimum atomic E-state index is -1.30. The van der Waals surface area contributed by atoms with Gasteiger partial charge >= 0.3 is 5.97 Å². The maximum absolute atomic E-state index is 10.4. The Kier molecular flexibility index (Phi) is 2.63. The summed E-state index contributed by atoms with van der Waals surface area (Å²) in [5.41, 5.74) is -1.30. The molecule has 0 saturated carbocycles. The summed E-state index contributed by atoms with van der Waals surface area (Å²) >= 11 is 0. The van der Waals surface area contributed by atoms with Gasteiger partial charge in [-0.15, -0.1) is 6.58 Å². The van der Waals surface area contributed by atoms with Crippen LogP contribution in [0.1, 0.15) is 13.3 Å². The second-order valence-electron chi connectivity index (χ2n) is 2.24. The van der Waals surface area contributed by atoms with Crippen molar-refractivity contribution in [3.05, 3.63) is 12.7 Å². The second-order valence-corrected chi connectivity index (χ2v) is 2.24. The van der Waals surface area contributed by atoms with E-state index in [-0.39, 0.29) is 6.42 Å². The van der Waals surface area contributed by atoms with Crippen molar-refractivity contribution in [2.45, 2.75) is 13.3 Å². The quantitative estimate of drug-likeness (QED) is 0.597. The highest BCUT2D eigenvalue weighted by Crippen LogP contribution is 2.20. The fourth-order valence-corrected chi connectivity index (χ4v) is 0.469. The largest absolute Gasteiger partial charge is 0.480 e. The van der Waals surface area contributed by atoms with Crippen LogP contribution >= 0.6 is 0 Å². The third-order valence-electron chi connectivity index (χ3n) is 1.27. The standard InChI is InChI=1S/C7H9NO2/c1-3-4-7(2,5-8)6(9)10/h3H,1,4H2,2H3,(H,9,10)/t7-/m0/s1. The van der Waals surface area contributed by atoms with Crippen LogP contribution in [0.5, 0.6) is 0 Å². The summed E-state index contributed by atoms with van der Waals surface area (Å²) in [5.74, 6) is -1.10. The molecule has 0 radical (unpaired) electrons. The van der Waals surface area contributed by atoms with E-state index in [0.717, 1.165) is 0 Å². The zero-order valence-corrected chi connectivity index (χ0v) is 5.79. The highest BCUT2D eigenvalue weighted by Gasteiger charge is 2.31. The number of carboxylic acid groups (broad SMARTS) is 1. The summed E-state index contributed by atoms with van der Waals surface area (Å²) in [6.07, 6.45) is 1.61. The van der Waals surface area contributed by atoms with Crippen LogP contribution in [0.15, 0.2) is 12.7 Å². The summed E-state index contributed by atoms with van der Waals surface area (Å²) in [7, 11) is 0. The van der Waals surface area contributed by atoms with Crippen LogP contribution in [0.25, 0.3) is 0 Å². The summed E-state index contributed by atoms with van der Waals surface area (Å²) in [6, 6.07) is 1.71. The number of carbonyl (C=O) groups is 1. The fourth-order valence-electron chi connectivity index (χ4n) is 0.469. The Morgan fingerprint density at radius 1 is 2.00 bits per heavy atom. The summed E-state index contributed by atoms with van der Waals surface area (Å²) in [5, 5.41) is 16.9. The van der Waals surface area contributed by atoms with E-state index < -0.39 is 11.4 Å². The Labute approximate surface area is 59.6 Å². The van der Waals surface area contributed by atoms with Gasteiger partial charge in [-0.25, -0.2) is 0 Å². The highest BCUT2D eigenvalue weighted by atomic mass is 16.4. The lowest BCUT2D eigenvalue weighted by molar-refractivity contribution is -0.144. The molecule has 0 aromatic rings. The SMILES string of the molecule is C=CC[C@@](C)(C#N)C(=O)O. The Morgan fingerprint density at radius 2 is 2.50 bits per heavy atom. The zero-order valence-electron chi connectivity index (χ0n) is 5.79. The monoisotopic (exact) mass is 139 g/mol. The molecule has 0 aliphatic rings. The van der Waals surface area contributed by atoms with E-state index in [2.05, 4.69) is 6.58 Å². The first-order valence-electron chi connectivity index (χ1n) is 2.82. The molecule has 0 fully saturated rings. The molecule has 0 unspecified atom stereocenters. The van der Waals surface area contributed by atoms with Crippen LogP contribution in [0.2, 0.25) is 0 Å². The van der Waals surface area contributed by atoms with Crippen molar-refractivity contribution in [1.29, 1.82) is 5.26 Å². The molecule has 0 rings (SSSR count). The van der Waals surface area contributed by atoms with Crippen molar-refractivity contribution < 1.29 is 9.90 Å². The lowest BCUT2D eigenvalue weighted by Gasteiger charge is -2.11. The van der Waals surface area contributed by atoms with Crippen molar-refractivity contribution >= 4 is 5.97 Å². The maximum Gasteiger partial charge on any atom is 0.324 e. The molecule has 3 heteroatoms. The van der Waals surface area contributed by atoms with E-state index >= 15 is 0 Å². The lowest BCUT2D eigenvalue weighted by Crippen LogP contribution is -2.24. The number of hydrogen-bond donors (Lipinski definition) is 1. The molecule has 3 nitrogen and oxygen atoms in total. The molecule has 0 aliphatic carbocycles. The molecule has 0 heterocycles. The zero-order chi connectivity index (χ0) is 8.20. The van der Waals surface area contributed by atoms with Crippen molar-refractivity contribution in [2.24, 2.45) is 5.41 Å². The Balaban J connectivity index is 4.42. The van der Waals surface area contributed by atoms with Gasteiger partial charge in [0.05, 0.1) is 6.07 Å². The Hall–Kier alpha value is -1.30. The predicted octanol–water partition coefficient (Wildman–Crippen LogP) is 1.18. The first-order valence-corrected chi connectivity index (χ1v) is 2.82. The van der Waals surface area contributed by atoms with E-state index in [1.165, 1.54) is 13.0 Å². The highest BCUT2D eigenvalue weighted by molar-refractivity contribution is 5.77. The van der Waals surface area contributed by atoms with E-state index in [1.807, 2.05) is 0 Å². The van der Waals surface area contributed by atoms with Crippen molar-refractivity contribution in [1.82, 2.24) is 0 Å². The molecule has 0 spiro atoms. The molecule has 0 aromatic carbocycles. The number of hydrogen-bond acceptors (Lipinski definition) is 2. The summed E-state index contributed by atoms with van der Waals surface area (Å²) in [6.45, 7) is 4.73. The van der Waals surface area contributed by atoms with Crippen LogP contribution in [0.3, 0.4) is 0 Å². The molecule has 1 atom stereocenters. The molecule has 0 amide bonds. The van der Waals surface area contributed by atoms with Crippen molar-refractivity contribution in [3.63, 3.8) is 0 Å². The molecule has 0 saturated heterocycles. The van der Waals surface area contributed by atoms with Gasteiger partial charge in [0.15, 0.2) is 5.41 Å². The van der Waals surface area contributed by atoms with Gasteiger partial charge in [-0.05, 0) is 13.3 Å². The van der Waals surface area contributed by atoms with Gasteiger partial charge in [0.25, 0.3) is 0 Å². The lowest BCUT2D eigenvalue weighted by atomic mass is 9.89. The predicted molar refractivity (Wildman–Crippen MR) is 36.2 cm³/mol. The van der Waals surface area contributed by atoms with E-state index in [0.29, 0.717) is 0 Å². The van der Waals surface area contributed by atoms with Gasteiger partial charge in [0.1, 0.15) is 0 Å². The molecule has 1 N–H and O–H groups in total. The summed E-state index contributed by atoms with van der Waals surface area (Å²) in [4.78, 5) is 10.4. The van der Waals surface area contributed by atoms with Crippen LogP contribution in [-0.4, -0.2) is 11.1 Å². The number of carboxylic acids is 1. The first-order chi connectivity index (χ1) is 4.56. The summed E-state index contributed by atoms with van der Waals surface area (Å²) < 4.78 is 0. The van der Waals surface area contributed by atoms with E-state index in [9.17, 15) is 4.79 Å². The average molecular weight is 139 g/mol. The molecular weight excluding hydrogens is 130 g/mol. The van der Waals surface area contributed by atoms with Crippen LogP contribution < -0.4 is 0 Å². The number of aliphatic carboxylic acids is 1. The maximum atomic E-state index is 10.4. The molecule has 0 aromatic heterocycles. The second kappa shape index (κ2) is 3.02. The third-order valence-corrected chi connectivity index (χ3v) is 1.27. The first kappa shape index (κ1) is 8.70. The van der Waals surface area contributed by atoms with Gasteiger partial charge in [-0.1, -0.05) is 6.08 Å². The van der Waals surface area contributed by atoms with Gasteiger partial charge in [0, 0.05) is 0 Å². The molecular formula is C7H9NO2. The van der Waals surface area contributed by atoms with Gasteiger partial charge < -0.3 is 5.11 Å². The normalized spacial score (nSPS) is 14.8. The topological polar surface area (TPSA) is 61.1 Å². The third kappa shape index (κ3) is 1.59. The number of allylic oxidation sites excluding steroid dienone is 1. The Bertz CT molecular complexity index is 192. The number of nitriles is 1. The van der Waals surface area contributed by atoms with Gasteiger partial charge in [-0.3, -0.25) is 4.79 Å². The molecule has 10 heavy (non-hydrogen) atoms. The average Bonchev–Trinajstić information content (AvgIpc) is 1.88. The fraction of sp³-hybridized carbons (Fsp3) is 0.429. The van der Waals surface area contributed by atoms with Crippen LogP contribution in [-0.2, 0) is 4.79 Å². The van der Waals surface area contributed by atoms with Gasteiger partial charge in [-0.2, -0.15) is 5.26 Å². The smallest absolute Gasteiger partial charge is 0.324 e. The van der Waals surface area contributed by atoms with Crippen LogP contribution in [0, 0.1) is 16.7 Å². The van der Waals surface area contributed by atoms with Gasteiger partial charge in [0.2, 0.25) is 0 Å². The molecule has 0 aliphatic heterocycles.